The molecule has 1 saturated carbocycles. The van der Waals surface area contributed by atoms with Crippen molar-refractivity contribution in [1.29, 1.82) is 0 Å². The minimum Gasteiger partial charge on any atom is -0.385 e. The Bertz CT molecular complexity index is 1170. The molecule has 1 aromatic heterocycles. The first-order chi connectivity index (χ1) is 15.3. The number of allylic oxidation sites excluding steroid dienone is 1. The molecule has 1 fully saturated rings. The highest BCUT2D eigenvalue weighted by atomic mass is 19.1. The van der Waals surface area contributed by atoms with Gasteiger partial charge in [-0.25, -0.2) is 9.37 Å². The lowest BCUT2D eigenvalue weighted by molar-refractivity contribution is -0.0718. The minimum atomic E-state index is -0.918. The first kappa shape index (κ1) is 21.1. The van der Waals surface area contributed by atoms with E-state index in [-0.39, 0.29) is 17.2 Å². The third-order valence-corrected chi connectivity index (χ3v) is 7.87. The van der Waals surface area contributed by atoms with Crippen LogP contribution in [0.15, 0.2) is 60.4 Å². The summed E-state index contributed by atoms with van der Waals surface area (Å²) in [6, 6.07) is 14.9. The van der Waals surface area contributed by atoms with E-state index in [0.717, 1.165) is 54.7 Å². The summed E-state index contributed by atoms with van der Waals surface area (Å²) in [5.41, 5.74) is 5.49. The number of hydrogen-bond acceptors (Lipinski definition) is 2. The lowest BCUT2D eigenvalue weighted by Crippen LogP contribution is -2.49. The molecular weight excluding hydrogens is 399 g/mol. The number of imidazole rings is 1. The van der Waals surface area contributed by atoms with E-state index < -0.39 is 5.60 Å². The lowest BCUT2D eigenvalue weighted by atomic mass is 9.56. The fourth-order valence-electron chi connectivity index (χ4n) is 6.20. The van der Waals surface area contributed by atoms with Crippen molar-refractivity contribution in [3.63, 3.8) is 0 Å². The maximum absolute atomic E-state index is 13.4. The monoisotopic (exact) mass is 430 g/mol. The van der Waals surface area contributed by atoms with E-state index >= 15 is 0 Å². The van der Waals surface area contributed by atoms with Crippen molar-refractivity contribution < 1.29 is 9.50 Å². The van der Waals surface area contributed by atoms with Gasteiger partial charge < -0.3 is 9.67 Å². The van der Waals surface area contributed by atoms with Crippen molar-refractivity contribution >= 4 is 6.08 Å². The average molecular weight is 431 g/mol. The Hall–Kier alpha value is -2.72. The molecular formula is C28H31FN2O. The number of hydrogen-bond donors (Lipinski definition) is 1. The third kappa shape index (κ3) is 3.24. The van der Waals surface area contributed by atoms with Crippen LogP contribution in [0, 0.1) is 17.2 Å². The highest BCUT2D eigenvalue weighted by Crippen LogP contribution is 2.56. The highest BCUT2D eigenvalue weighted by molar-refractivity contribution is 5.72. The van der Waals surface area contributed by atoms with Crippen LogP contribution in [0.25, 0.3) is 17.3 Å². The van der Waals surface area contributed by atoms with Crippen LogP contribution in [0.3, 0.4) is 0 Å². The van der Waals surface area contributed by atoms with E-state index in [9.17, 15) is 9.50 Å². The lowest BCUT2D eigenvalue weighted by Gasteiger charge is -2.52. The zero-order chi connectivity index (χ0) is 22.5. The predicted molar refractivity (Wildman–Crippen MR) is 126 cm³/mol. The number of aryl methyl sites for hydroxylation is 1. The number of aromatic nitrogens is 2. The molecule has 2 aliphatic rings. The van der Waals surface area contributed by atoms with Crippen LogP contribution in [0.5, 0.6) is 0 Å². The van der Waals surface area contributed by atoms with Gasteiger partial charge >= 0.3 is 0 Å². The topological polar surface area (TPSA) is 38.1 Å². The molecule has 0 spiro atoms. The number of fused-ring (bicyclic) bond motifs is 2. The second-order valence-electron chi connectivity index (χ2n) is 9.80. The number of benzene rings is 2. The van der Waals surface area contributed by atoms with Crippen LogP contribution in [0.1, 0.15) is 56.9 Å². The van der Waals surface area contributed by atoms with Crippen molar-refractivity contribution in [2.24, 2.45) is 11.3 Å². The molecule has 3 atom stereocenters. The van der Waals surface area contributed by atoms with Crippen molar-refractivity contribution in [2.75, 3.05) is 0 Å². The largest absolute Gasteiger partial charge is 0.385 e. The Morgan fingerprint density at radius 3 is 2.69 bits per heavy atom. The molecule has 5 rings (SSSR count). The maximum Gasteiger partial charge on any atom is 0.123 e. The molecule has 3 aromatic rings. The van der Waals surface area contributed by atoms with Gasteiger partial charge in [0.25, 0.3) is 0 Å². The Kier molecular flexibility index (Phi) is 5.09. The van der Waals surface area contributed by atoms with Crippen molar-refractivity contribution in [1.82, 2.24) is 9.55 Å². The van der Waals surface area contributed by atoms with Gasteiger partial charge in [-0.2, -0.15) is 0 Å². The van der Waals surface area contributed by atoms with E-state index in [0.29, 0.717) is 0 Å². The molecule has 2 aromatic carbocycles. The molecule has 3 nitrogen and oxygen atoms in total. The summed E-state index contributed by atoms with van der Waals surface area (Å²) in [6.07, 6.45) is 8.18. The molecule has 0 saturated heterocycles. The maximum atomic E-state index is 13.4. The smallest absolute Gasteiger partial charge is 0.123 e. The van der Waals surface area contributed by atoms with E-state index in [2.05, 4.69) is 42.7 Å². The number of nitrogens with zero attached hydrogens (tertiary/aromatic N) is 2. The molecule has 166 valence electrons. The molecule has 2 heterocycles. The molecule has 1 N–H and O–H groups in total. The van der Waals surface area contributed by atoms with Gasteiger partial charge in [0.05, 0.1) is 23.3 Å². The van der Waals surface area contributed by atoms with Crippen LogP contribution < -0.4 is 0 Å². The normalized spacial score (nSPS) is 24.3. The Balaban J connectivity index is 1.56. The first-order valence-electron chi connectivity index (χ1n) is 11.7. The summed E-state index contributed by atoms with van der Waals surface area (Å²) >= 11 is 0. The second kappa shape index (κ2) is 7.70. The van der Waals surface area contributed by atoms with Gasteiger partial charge in [0.1, 0.15) is 5.82 Å². The van der Waals surface area contributed by atoms with Gasteiger partial charge in [0.15, 0.2) is 0 Å². The summed E-state index contributed by atoms with van der Waals surface area (Å²) in [6.45, 7) is 7.26. The molecule has 0 amide bonds. The number of halogens is 1. The first-order valence-corrected chi connectivity index (χ1v) is 11.7. The van der Waals surface area contributed by atoms with E-state index in [4.69, 9.17) is 4.98 Å². The van der Waals surface area contributed by atoms with E-state index in [1.54, 1.807) is 12.1 Å². The molecule has 0 unspecified atom stereocenters. The van der Waals surface area contributed by atoms with Gasteiger partial charge in [-0.3, -0.25) is 0 Å². The summed E-state index contributed by atoms with van der Waals surface area (Å²) in [5, 5.41) is 12.0. The van der Waals surface area contributed by atoms with Gasteiger partial charge in [-0.1, -0.05) is 43.7 Å². The van der Waals surface area contributed by atoms with E-state index in [1.807, 2.05) is 19.3 Å². The average Bonchev–Trinajstić information content (AvgIpc) is 3.19. The van der Waals surface area contributed by atoms with Gasteiger partial charge in [-0.15, -0.1) is 0 Å². The fraction of sp³-hybridized carbons (Fsp3) is 0.393. The molecule has 1 aliphatic carbocycles. The van der Waals surface area contributed by atoms with Crippen molar-refractivity contribution in [3.8, 4) is 11.3 Å². The second-order valence-corrected chi connectivity index (χ2v) is 9.80. The predicted octanol–water partition coefficient (Wildman–Crippen LogP) is 6.36. The molecule has 0 bridgehead atoms. The van der Waals surface area contributed by atoms with Gasteiger partial charge in [0, 0.05) is 23.4 Å². The van der Waals surface area contributed by atoms with Crippen LogP contribution >= 0.6 is 0 Å². The van der Waals surface area contributed by atoms with Crippen molar-refractivity contribution in [3.05, 3.63) is 83.1 Å². The van der Waals surface area contributed by atoms with Crippen LogP contribution in [-0.4, -0.2) is 14.7 Å². The summed E-state index contributed by atoms with van der Waals surface area (Å²) in [7, 11) is 0. The van der Waals surface area contributed by atoms with Gasteiger partial charge in [0.2, 0.25) is 0 Å². The number of rotatable bonds is 4. The van der Waals surface area contributed by atoms with Crippen LogP contribution in [0.4, 0.5) is 4.39 Å². The molecule has 4 heteroatoms. The molecule has 32 heavy (non-hydrogen) atoms. The van der Waals surface area contributed by atoms with Gasteiger partial charge in [-0.05, 0) is 74.1 Å². The Morgan fingerprint density at radius 2 is 1.94 bits per heavy atom. The molecule has 0 radical (unpaired) electrons. The van der Waals surface area contributed by atoms with Crippen molar-refractivity contribution in [2.45, 2.75) is 58.6 Å². The zero-order valence-corrected chi connectivity index (χ0v) is 19.1. The minimum absolute atomic E-state index is 0.104. The summed E-state index contributed by atoms with van der Waals surface area (Å²) < 4.78 is 15.6. The van der Waals surface area contributed by atoms with Crippen LogP contribution in [0.2, 0.25) is 0 Å². The molecule has 1 aliphatic heterocycles. The standard InChI is InChI=1S/C28H31FN2O/c1-4-19-8-5-6-10-23(19)28(3,32)25-11-7-9-21-16-24-26(20-12-14-22(29)15-13-20)30-18-31(24)17-27(21,25)2/h5-6,8,10,12-16,18,25,32H,4,7,9,11,17H2,1-3H3/t25-,27-,28+/m0/s1. The third-order valence-electron chi connectivity index (χ3n) is 7.87. The number of aliphatic hydroxyl groups is 1. The quantitative estimate of drug-likeness (QED) is 0.523. The highest BCUT2D eigenvalue weighted by Gasteiger charge is 2.51. The Morgan fingerprint density at radius 1 is 1.19 bits per heavy atom. The SMILES string of the molecule is CCc1ccccc1[C@@](C)(O)[C@H]1CCCC2=Cc3c(-c4ccc(F)cc4)ncn3C[C@@]21C. The zero-order valence-electron chi connectivity index (χ0n) is 19.1. The fourth-order valence-corrected chi connectivity index (χ4v) is 6.20. The summed E-state index contributed by atoms with van der Waals surface area (Å²) in [5.74, 6) is -0.134. The summed E-state index contributed by atoms with van der Waals surface area (Å²) in [4.78, 5) is 4.69. The van der Waals surface area contributed by atoms with Crippen LogP contribution in [-0.2, 0) is 18.6 Å². The van der Waals surface area contributed by atoms with E-state index in [1.165, 1.54) is 23.3 Å². The Labute approximate surface area is 189 Å².